The number of carbonyl (C=O) groups is 1. The molecule has 0 saturated heterocycles. The van der Waals surface area contributed by atoms with Crippen LogP contribution in [0.1, 0.15) is 25.8 Å². The van der Waals surface area contributed by atoms with Gasteiger partial charge in [-0.05, 0) is 6.07 Å². The average molecular weight is 252 g/mol. The van der Waals surface area contributed by atoms with Crippen LogP contribution < -0.4 is 9.47 Å². The fraction of sp³-hybridized carbons (Fsp3) is 0.462. The van der Waals surface area contributed by atoms with Crippen LogP contribution in [0.15, 0.2) is 12.1 Å². The molecule has 0 fully saturated rings. The van der Waals surface area contributed by atoms with E-state index < -0.39 is 11.4 Å². The quantitative estimate of drug-likeness (QED) is 0.859. The van der Waals surface area contributed by atoms with Crippen LogP contribution in [0.2, 0.25) is 0 Å². The molecular weight excluding hydrogens is 236 g/mol. The van der Waals surface area contributed by atoms with Crippen molar-refractivity contribution in [2.24, 2.45) is 0 Å². The molecule has 0 unspecified atom stereocenters. The molecular formula is C13H16O5. The van der Waals surface area contributed by atoms with Crippen LogP contribution in [0.4, 0.5) is 0 Å². The number of carboxylic acid groups (broad SMARTS) is 1. The lowest BCUT2D eigenvalue weighted by atomic mass is 9.80. The number of carboxylic acids is 1. The molecule has 2 rings (SSSR count). The number of aromatic hydroxyl groups is 1. The van der Waals surface area contributed by atoms with Gasteiger partial charge in [-0.3, -0.25) is 4.79 Å². The van der Waals surface area contributed by atoms with Gasteiger partial charge in [-0.2, -0.15) is 0 Å². The van der Waals surface area contributed by atoms with E-state index >= 15 is 0 Å². The van der Waals surface area contributed by atoms with Crippen LogP contribution in [0, 0.1) is 0 Å². The number of benzene rings is 1. The lowest BCUT2D eigenvalue weighted by Gasteiger charge is -2.29. The summed E-state index contributed by atoms with van der Waals surface area (Å²) >= 11 is 0. The SMILES string of the molecule is CC(C)(CC(=O)O)c1cc(O)cc2c1OCCO2. The van der Waals surface area contributed by atoms with Crippen molar-refractivity contribution in [1.29, 1.82) is 0 Å². The third-order valence-electron chi connectivity index (χ3n) is 2.95. The second-order valence-electron chi connectivity index (χ2n) is 4.97. The van der Waals surface area contributed by atoms with E-state index in [0.717, 1.165) is 0 Å². The van der Waals surface area contributed by atoms with Crippen LogP contribution >= 0.6 is 0 Å². The first-order chi connectivity index (χ1) is 8.40. The Balaban J connectivity index is 2.49. The monoisotopic (exact) mass is 252 g/mol. The lowest BCUT2D eigenvalue weighted by molar-refractivity contribution is -0.138. The number of phenolic OH excluding ortho intramolecular Hbond substituents is 1. The van der Waals surface area contributed by atoms with E-state index in [1.165, 1.54) is 12.1 Å². The van der Waals surface area contributed by atoms with Crippen LogP contribution in [0.5, 0.6) is 17.2 Å². The maximum Gasteiger partial charge on any atom is 0.304 e. The molecule has 2 N–H and O–H groups in total. The number of rotatable bonds is 3. The topological polar surface area (TPSA) is 76.0 Å². The molecule has 0 aromatic heterocycles. The summed E-state index contributed by atoms with van der Waals surface area (Å²) in [6.45, 7) is 4.45. The maximum absolute atomic E-state index is 10.9. The van der Waals surface area contributed by atoms with Gasteiger partial charge in [-0.1, -0.05) is 13.8 Å². The van der Waals surface area contributed by atoms with Gasteiger partial charge < -0.3 is 19.7 Å². The van der Waals surface area contributed by atoms with Crippen molar-refractivity contribution in [1.82, 2.24) is 0 Å². The maximum atomic E-state index is 10.9. The van der Waals surface area contributed by atoms with Gasteiger partial charge >= 0.3 is 5.97 Å². The standard InChI is InChI=1S/C13H16O5/c1-13(2,7-11(15)16)9-5-8(14)6-10-12(9)18-4-3-17-10/h5-6,14H,3-4,7H2,1-2H3,(H,15,16). The van der Waals surface area contributed by atoms with Gasteiger partial charge in [0, 0.05) is 17.0 Å². The molecule has 5 heteroatoms. The van der Waals surface area contributed by atoms with E-state index in [9.17, 15) is 9.90 Å². The van der Waals surface area contributed by atoms with Gasteiger partial charge in [-0.25, -0.2) is 0 Å². The van der Waals surface area contributed by atoms with Gasteiger partial charge in [0.05, 0.1) is 6.42 Å². The van der Waals surface area contributed by atoms with Crippen molar-refractivity contribution in [3.63, 3.8) is 0 Å². The van der Waals surface area contributed by atoms with Crippen molar-refractivity contribution >= 4 is 5.97 Å². The Bertz CT molecular complexity index is 479. The molecule has 18 heavy (non-hydrogen) atoms. The number of fused-ring (bicyclic) bond motifs is 1. The second-order valence-corrected chi connectivity index (χ2v) is 4.97. The highest BCUT2D eigenvalue weighted by Crippen LogP contribution is 2.44. The normalized spacial score (nSPS) is 14.3. The predicted octanol–water partition coefficient (Wildman–Crippen LogP) is 1.92. The average Bonchev–Trinajstić information content (AvgIpc) is 2.26. The van der Waals surface area contributed by atoms with Gasteiger partial charge in [0.2, 0.25) is 0 Å². The minimum absolute atomic E-state index is 0.0488. The zero-order chi connectivity index (χ0) is 13.3. The van der Waals surface area contributed by atoms with E-state index in [1.54, 1.807) is 13.8 Å². The number of phenols is 1. The van der Waals surface area contributed by atoms with Crippen molar-refractivity contribution in [2.75, 3.05) is 13.2 Å². The molecule has 0 spiro atoms. The summed E-state index contributed by atoms with van der Waals surface area (Å²) in [6, 6.07) is 3.02. The minimum atomic E-state index is -0.895. The fourth-order valence-corrected chi connectivity index (χ4v) is 2.12. The van der Waals surface area contributed by atoms with Gasteiger partial charge in [0.25, 0.3) is 0 Å². The molecule has 0 amide bonds. The van der Waals surface area contributed by atoms with Gasteiger partial charge in [-0.15, -0.1) is 0 Å². The molecule has 1 aliphatic heterocycles. The van der Waals surface area contributed by atoms with Crippen molar-refractivity contribution in [3.05, 3.63) is 17.7 Å². The molecule has 0 bridgehead atoms. The summed E-state index contributed by atoms with van der Waals surface area (Å²) in [5.74, 6) is 0.154. The highest BCUT2D eigenvalue weighted by atomic mass is 16.6. The largest absolute Gasteiger partial charge is 0.508 e. The van der Waals surface area contributed by atoms with Gasteiger partial charge in [0.15, 0.2) is 11.5 Å². The Morgan fingerprint density at radius 2 is 2.00 bits per heavy atom. The molecule has 1 aromatic rings. The summed E-state index contributed by atoms with van der Waals surface area (Å²) in [4.78, 5) is 10.9. The van der Waals surface area contributed by atoms with E-state index in [2.05, 4.69) is 0 Å². The molecule has 0 saturated carbocycles. The van der Waals surface area contributed by atoms with Crippen molar-refractivity contribution in [3.8, 4) is 17.2 Å². The molecule has 0 radical (unpaired) electrons. The molecule has 98 valence electrons. The zero-order valence-corrected chi connectivity index (χ0v) is 10.4. The Morgan fingerprint density at radius 3 is 2.67 bits per heavy atom. The third kappa shape index (κ3) is 2.34. The molecule has 1 aromatic carbocycles. The first-order valence-corrected chi connectivity index (χ1v) is 5.75. The molecule has 1 heterocycles. The van der Waals surface area contributed by atoms with E-state index in [0.29, 0.717) is 30.3 Å². The van der Waals surface area contributed by atoms with Crippen LogP contribution in [-0.4, -0.2) is 29.4 Å². The molecule has 0 aliphatic carbocycles. The van der Waals surface area contributed by atoms with Crippen LogP contribution in [-0.2, 0) is 10.2 Å². The third-order valence-corrected chi connectivity index (χ3v) is 2.95. The number of hydrogen-bond acceptors (Lipinski definition) is 4. The fourth-order valence-electron chi connectivity index (χ4n) is 2.12. The lowest BCUT2D eigenvalue weighted by Crippen LogP contribution is -2.25. The summed E-state index contributed by atoms with van der Waals surface area (Å²) in [5, 5.41) is 18.6. The van der Waals surface area contributed by atoms with Crippen molar-refractivity contribution in [2.45, 2.75) is 25.7 Å². The summed E-state index contributed by atoms with van der Waals surface area (Å²) in [6.07, 6.45) is -0.0494. The Morgan fingerprint density at radius 1 is 1.33 bits per heavy atom. The highest BCUT2D eigenvalue weighted by molar-refractivity contribution is 5.70. The van der Waals surface area contributed by atoms with Gasteiger partial charge in [0.1, 0.15) is 19.0 Å². The van der Waals surface area contributed by atoms with Crippen LogP contribution in [0.3, 0.4) is 0 Å². The molecule has 0 atom stereocenters. The molecule has 1 aliphatic rings. The number of hydrogen-bond donors (Lipinski definition) is 2. The Hall–Kier alpha value is -1.91. The second kappa shape index (κ2) is 4.40. The summed E-state index contributed by atoms with van der Waals surface area (Å²) in [5.41, 5.74) is 0.00891. The highest BCUT2D eigenvalue weighted by Gasteiger charge is 2.31. The van der Waals surface area contributed by atoms with E-state index in [-0.39, 0.29) is 12.2 Å². The first kappa shape index (κ1) is 12.5. The number of aliphatic carboxylic acids is 1. The smallest absolute Gasteiger partial charge is 0.304 e. The first-order valence-electron chi connectivity index (χ1n) is 5.75. The molecule has 5 nitrogen and oxygen atoms in total. The van der Waals surface area contributed by atoms with Crippen LogP contribution in [0.25, 0.3) is 0 Å². The zero-order valence-electron chi connectivity index (χ0n) is 10.4. The summed E-state index contributed by atoms with van der Waals surface area (Å²) in [7, 11) is 0. The Kier molecular flexibility index (Phi) is 3.07. The minimum Gasteiger partial charge on any atom is -0.508 e. The summed E-state index contributed by atoms with van der Waals surface area (Å²) < 4.78 is 11.0. The predicted molar refractivity (Wildman–Crippen MR) is 64.4 cm³/mol. The number of ether oxygens (including phenoxy) is 2. The van der Waals surface area contributed by atoms with E-state index in [4.69, 9.17) is 14.6 Å². The Labute approximate surface area is 105 Å². The van der Waals surface area contributed by atoms with E-state index in [1.807, 2.05) is 0 Å². The van der Waals surface area contributed by atoms with Crippen molar-refractivity contribution < 1.29 is 24.5 Å².